The van der Waals surface area contributed by atoms with Gasteiger partial charge in [0.1, 0.15) is 0 Å². The van der Waals surface area contributed by atoms with Crippen LogP contribution in [-0.2, 0) is 4.74 Å². The Kier molecular flexibility index (Phi) is 6.35. The fourth-order valence-corrected chi connectivity index (χ4v) is 3.00. The van der Waals surface area contributed by atoms with Gasteiger partial charge in [0.05, 0.1) is 12.2 Å². The number of esters is 1. The van der Waals surface area contributed by atoms with E-state index in [0.29, 0.717) is 23.7 Å². The molecule has 1 fully saturated rings. The van der Waals surface area contributed by atoms with E-state index in [1.807, 2.05) is 4.90 Å². The first-order chi connectivity index (χ1) is 13.2. The summed E-state index contributed by atoms with van der Waals surface area (Å²) in [7, 11) is 0. The van der Waals surface area contributed by atoms with Crippen LogP contribution in [0.25, 0.3) is 0 Å². The minimum Gasteiger partial charge on any atom is -0.462 e. The van der Waals surface area contributed by atoms with Crippen LogP contribution in [-0.4, -0.2) is 46.7 Å². The van der Waals surface area contributed by atoms with Crippen LogP contribution in [0.5, 0.6) is 0 Å². The Morgan fingerprint density at radius 2 is 1.70 bits per heavy atom. The normalized spacial score (nSPS) is 14.3. The van der Waals surface area contributed by atoms with Crippen LogP contribution in [0.1, 0.15) is 53.5 Å². The van der Waals surface area contributed by atoms with E-state index in [1.165, 1.54) is 12.8 Å². The number of nitrogens with one attached hydrogen (secondary N) is 1. The molecule has 3 rings (SSSR count). The van der Waals surface area contributed by atoms with E-state index < -0.39 is 0 Å². The van der Waals surface area contributed by atoms with Crippen molar-refractivity contribution in [2.45, 2.75) is 32.6 Å². The number of carbonyl (C=O) groups excluding carboxylic acids is 2. The summed E-state index contributed by atoms with van der Waals surface area (Å²) in [6, 6.07) is 10.3. The van der Waals surface area contributed by atoms with Gasteiger partial charge in [-0.1, -0.05) is 12.8 Å². The first kappa shape index (κ1) is 18.8. The van der Waals surface area contributed by atoms with Crippen molar-refractivity contribution in [2.24, 2.45) is 0 Å². The summed E-state index contributed by atoms with van der Waals surface area (Å²) in [6.07, 6.45) is 4.43. The Labute approximate surface area is 158 Å². The third-order valence-corrected chi connectivity index (χ3v) is 4.45. The number of hydrogen-bond donors (Lipinski definition) is 1. The number of nitrogens with zero attached hydrogens (tertiary/aromatic N) is 3. The van der Waals surface area contributed by atoms with Gasteiger partial charge in [0.15, 0.2) is 11.5 Å². The monoisotopic (exact) mass is 368 g/mol. The van der Waals surface area contributed by atoms with Crippen molar-refractivity contribution in [3.8, 4) is 0 Å². The van der Waals surface area contributed by atoms with Gasteiger partial charge in [-0.15, -0.1) is 10.2 Å². The zero-order valence-corrected chi connectivity index (χ0v) is 15.5. The highest BCUT2D eigenvalue weighted by Gasteiger charge is 2.18. The smallest absolute Gasteiger partial charge is 0.338 e. The Bertz CT molecular complexity index is 767. The molecule has 0 aliphatic carbocycles. The van der Waals surface area contributed by atoms with E-state index in [2.05, 4.69) is 15.5 Å². The number of aromatic nitrogens is 2. The molecular formula is C20H24N4O3. The number of hydrogen-bond acceptors (Lipinski definition) is 6. The number of benzene rings is 1. The lowest BCUT2D eigenvalue weighted by Gasteiger charge is -2.19. The largest absolute Gasteiger partial charge is 0.462 e. The fourth-order valence-electron chi connectivity index (χ4n) is 3.00. The SMILES string of the molecule is CCOC(=O)c1ccc(Nc2ccc(C(=O)N3CCCCCC3)nn2)cc1. The molecule has 1 saturated heterocycles. The number of rotatable bonds is 5. The average molecular weight is 368 g/mol. The lowest BCUT2D eigenvalue weighted by Crippen LogP contribution is -2.32. The van der Waals surface area contributed by atoms with Gasteiger partial charge >= 0.3 is 5.97 Å². The lowest BCUT2D eigenvalue weighted by molar-refractivity contribution is 0.0526. The lowest BCUT2D eigenvalue weighted by atomic mass is 10.2. The molecule has 7 nitrogen and oxygen atoms in total. The molecule has 27 heavy (non-hydrogen) atoms. The molecule has 7 heteroatoms. The summed E-state index contributed by atoms with van der Waals surface area (Å²) in [5, 5.41) is 11.3. The molecule has 1 aliphatic heterocycles. The Morgan fingerprint density at radius 1 is 1.00 bits per heavy atom. The fraction of sp³-hybridized carbons (Fsp3) is 0.400. The molecule has 0 bridgehead atoms. The van der Waals surface area contributed by atoms with Crippen molar-refractivity contribution in [2.75, 3.05) is 25.0 Å². The molecule has 0 radical (unpaired) electrons. The van der Waals surface area contributed by atoms with Crippen LogP contribution in [0.2, 0.25) is 0 Å². The van der Waals surface area contributed by atoms with Gasteiger partial charge in [-0.2, -0.15) is 0 Å². The van der Waals surface area contributed by atoms with Crippen molar-refractivity contribution in [1.82, 2.24) is 15.1 Å². The van der Waals surface area contributed by atoms with E-state index in [1.54, 1.807) is 43.3 Å². The molecule has 0 saturated carbocycles. The van der Waals surface area contributed by atoms with E-state index in [0.717, 1.165) is 31.6 Å². The topological polar surface area (TPSA) is 84.4 Å². The van der Waals surface area contributed by atoms with Crippen molar-refractivity contribution in [3.05, 3.63) is 47.7 Å². The molecular weight excluding hydrogens is 344 g/mol. The second kappa shape index (κ2) is 9.12. The third kappa shape index (κ3) is 5.03. The number of amides is 1. The van der Waals surface area contributed by atoms with Crippen LogP contribution in [0, 0.1) is 0 Å². The van der Waals surface area contributed by atoms with Gasteiger partial charge in [-0.25, -0.2) is 4.79 Å². The predicted molar refractivity (Wildman–Crippen MR) is 102 cm³/mol. The number of likely N-dealkylation sites (tertiary alicyclic amines) is 1. The molecule has 0 unspecified atom stereocenters. The summed E-state index contributed by atoms with van der Waals surface area (Å²) in [5.74, 6) is 0.126. The third-order valence-electron chi connectivity index (χ3n) is 4.45. The van der Waals surface area contributed by atoms with E-state index >= 15 is 0 Å². The maximum Gasteiger partial charge on any atom is 0.338 e. The van der Waals surface area contributed by atoms with Gasteiger partial charge in [0, 0.05) is 18.8 Å². The van der Waals surface area contributed by atoms with E-state index in [-0.39, 0.29) is 11.9 Å². The molecule has 0 spiro atoms. The van der Waals surface area contributed by atoms with Gasteiger partial charge in [-0.3, -0.25) is 4.79 Å². The summed E-state index contributed by atoms with van der Waals surface area (Å²) >= 11 is 0. The molecule has 1 aromatic heterocycles. The van der Waals surface area contributed by atoms with Crippen LogP contribution in [0.3, 0.4) is 0 Å². The number of carbonyl (C=O) groups is 2. The van der Waals surface area contributed by atoms with Gasteiger partial charge in [0.25, 0.3) is 5.91 Å². The second-order valence-corrected chi connectivity index (χ2v) is 6.43. The van der Waals surface area contributed by atoms with Gasteiger partial charge in [-0.05, 0) is 56.2 Å². The van der Waals surface area contributed by atoms with Crippen molar-refractivity contribution in [3.63, 3.8) is 0 Å². The maximum atomic E-state index is 12.5. The summed E-state index contributed by atoms with van der Waals surface area (Å²) < 4.78 is 4.96. The average Bonchev–Trinajstić information content (AvgIpc) is 2.98. The predicted octanol–water partition coefficient (Wildman–Crippen LogP) is 3.41. The first-order valence-corrected chi connectivity index (χ1v) is 9.34. The molecule has 1 amide bonds. The molecule has 1 aliphatic rings. The highest BCUT2D eigenvalue weighted by atomic mass is 16.5. The second-order valence-electron chi connectivity index (χ2n) is 6.43. The molecule has 1 N–H and O–H groups in total. The summed E-state index contributed by atoms with van der Waals surface area (Å²) in [6.45, 7) is 3.69. The van der Waals surface area contributed by atoms with E-state index in [9.17, 15) is 9.59 Å². The van der Waals surface area contributed by atoms with Crippen molar-refractivity contribution < 1.29 is 14.3 Å². The first-order valence-electron chi connectivity index (χ1n) is 9.34. The Hall–Kier alpha value is -2.96. The quantitative estimate of drug-likeness (QED) is 0.814. The van der Waals surface area contributed by atoms with Gasteiger partial charge < -0.3 is 15.0 Å². The number of anilines is 2. The van der Waals surface area contributed by atoms with Crippen LogP contribution in [0.4, 0.5) is 11.5 Å². The highest BCUT2D eigenvalue weighted by Crippen LogP contribution is 2.17. The minimum absolute atomic E-state index is 0.0604. The standard InChI is InChI=1S/C20H24N4O3/c1-2-27-20(26)15-7-9-16(10-8-15)21-18-12-11-17(22-23-18)19(25)24-13-5-3-4-6-14-24/h7-12H,2-6,13-14H2,1H3,(H,21,23). The maximum absolute atomic E-state index is 12.5. The minimum atomic E-state index is -0.347. The molecule has 1 aromatic carbocycles. The zero-order valence-electron chi connectivity index (χ0n) is 15.5. The molecule has 2 heterocycles. The molecule has 0 atom stereocenters. The highest BCUT2D eigenvalue weighted by molar-refractivity contribution is 5.92. The molecule has 142 valence electrons. The van der Waals surface area contributed by atoms with Crippen LogP contribution in [0.15, 0.2) is 36.4 Å². The Morgan fingerprint density at radius 3 is 2.30 bits per heavy atom. The summed E-state index contributed by atoms with van der Waals surface area (Å²) in [5.41, 5.74) is 1.62. The molecule has 2 aromatic rings. The Balaban J connectivity index is 1.61. The van der Waals surface area contributed by atoms with E-state index in [4.69, 9.17) is 4.74 Å². The van der Waals surface area contributed by atoms with Crippen LogP contribution < -0.4 is 5.32 Å². The number of ether oxygens (including phenoxy) is 1. The zero-order chi connectivity index (χ0) is 19.1. The van der Waals surface area contributed by atoms with Crippen molar-refractivity contribution in [1.29, 1.82) is 0 Å². The van der Waals surface area contributed by atoms with Crippen molar-refractivity contribution >= 4 is 23.4 Å². The summed E-state index contributed by atoms with van der Waals surface area (Å²) in [4.78, 5) is 26.1. The van der Waals surface area contributed by atoms with Crippen LogP contribution >= 0.6 is 0 Å². The van der Waals surface area contributed by atoms with Gasteiger partial charge in [0.2, 0.25) is 0 Å².